The zero-order valence-electron chi connectivity index (χ0n) is 12.4. The van der Waals surface area contributed by atoms with E-state index in [-0.39, 0.29) is 5.91 Å². The maximum atomic E-state index is 12.6. The number of aryl methyl sites for hydroxylation is 1. The number of nitrogens with zero attached hydrogens (tertiary/aromatic N) is 4. The van der Waals surface area contributed by atoms with Crippen LogP contribution in [0.3, 0.4) is 0 Å². The van der Waals surface area contributed by atoms with Gasteiger partial charge in [-0.15, -0.1) is 0 Å². The molecule has 6 nitrogen and oxygen atoms in total. The summed E-state index contributed by atoms with van der Waals surface area (Å²) >= 11 is 0. The Bertz CT molecular complexity index is 820. The van der Waals surface area contributed by atoms with E-state index in [0.717, 1.165) is 29.9 Å². The van der Waals surface area contributed by atoms with E-state index in [2.05, 4.69) is 15.2 Å². The number of amides is 1. The summed E-state index contributed by atoms with van der Waals surface area (Å²) in [6.07, 6.45) is 6.51. The molecule has 4 rings (SSSR count). The van der Waals surface area contributed by atoms with E-state index in [0.29, 0.717) is 18.2 Å². The van der Waals surface area contributed by atoms with Crippen LogP contribution in [0.15, 0.2) is 36.8 Å². The Balaban J connectivity index is 1.56. The highest BCUT2D eigenvalue weighted by Crippen LogP contribution is 2.26. The maximum absolute atomic E-state index is 12.6. The molecule has 1 saturated heterocycles. The first kappa shape index (κ1) is 13.1. The van der Waals surface area contributed by atoms with E-state index in [1.165, 1.54) is 0 Å². The first-order chi connectivity index (χ1) is 10.7. The first-order valence-corrected chi connectivity index (χ1v) is 7.44. The lowest BCUT2D eigenvalue weighted by Crippen LogP contribution is -2.28. The molecule has 0 aromatic carbocycles. The standard InChI is InChI=1S/C16H17N5O/c1-11-2-3-15-18-14(10-21(15)8-11)16(22)20-7-5-12(9-20)13-4-6-17-19-13/h2-4,6,8,10,12H,5,7,9H2,1H3,(H,17,19). The summed E-state index contributed by atoms with van der Waals surface area (Å²) in [5.74, 6) is 0.342. The minimum Gasteiger partial charge on any atom is -0.337 e. The molecule has 4 heterocycles. The highest BCUT2D eigenvalue weighted by Gasteiger charge is 2.29. The van der Waals surface area contributed by atoms with Crippen molar-refractivity contribution in [1.82, 2.24) is 24.5 Å². The topological polar surface area (TPSA) is 66.3 Å². The van der Waals surface area contributed by atoms with Gasteiger partial charge in [-0.3, -0.25) is 9.89 Å². The van der Waals surface area contributed by atoms with E-state index in [1.807, 2.05) is 46.8 Å². The molecule has 6 heteroatoms. The van der Waals surface area contributed by atoms with Crippen molar-refractivity contribution >= 4 is 11.6 Å². The summed E-state index contributed by atoms with van der Waals surface area (Å²) < 4.78 is 1.91. The highest BCUT2D eigenvalue weighted by atomic mass is 16.2. The van der Waals surface area contributed by atoms with Crippen LogP contribution >= 0.6 is 0 Å². The van der Waals surface area contributed by atoms with Crippen LogP contribution < -0.4 is 0 Å². The number of carbonyl (C=O) groups excluding carboxylic acids is 1. The van der Waals surface area contributed by atoms with Gasteiger partial charge in [-0.05, 0) is 31.0 Å². The predicted molar refractivity (Wildman–Crippen MR) is 81.8 cm³/mol. The number of fused-ring (bicyclic) bond motifs is 1. The van der Waals surface area contributed by atoms with Crippen LogP contribution in [-0.4, -0.2) is 43.5 Å². The molecular formula is C16H17N5O. The second-order valence-electron chi connectivity index (χ2n) is 5.85. The lowest BCUT2D eigenvalue weighted by Gasteiger charge is -2.14. The fraction of sp³-hybridized carbons (Fsp3) is 0.312. The minimum atomic E-state index is 0.00312. The normalized spacial score (nSPS) is 18.2. The van der Waals surface area contributed by atoms with Crippen LogP contribution in [0, 0.1) is 6.92 Å². The lowest BCUT2D eigenvalue weighted by molar-refractivity contribution is 0.0785. The van der Waals surface area contributed by atoms with Gasteiger partial charge < -0.3 is 9.30 Å². The van der Waals surface area contributed by atoms with E-state index >= 15 is 0 Å². The summed E-state index contributed by atoms with van der Waals surface area (Å²) in [5.41, 5.74) is 3.56. The third-order valence-electron chi connectivity index (χ3n) is 4.26. The summed E-state index contributed by atoms with van der Waals surface area (Å²) in [7, 11) is 0. The van der Waals surface area contributed by atoms with Crippen molar-refractivity contribution in [2.45, 2.75) is 19.3 Å². The van der Waals surface area contributed by atoms with Crippen molar-refractivity contribution in [2.24, 2.45) is 0 Å². The SMILES string of the molecule is Cc1ccc2nc(C(=O)N3CCC(c4ccn[nH]4)C3)cn2c1. The van der Waals surface area contributed by atoms with Crippen molar-refractivity contribution in [3.05, 3.63) is 53.7 Å². The van der Waals surface area contributed by atoms with Gasteiger partial charge >= 0.3 is 0 Å². The molecule has 1 aliphatic heterocycles. The quantitative estimate of drug-likeness (QED) is 0.786. The van der Waals surface area contributed by atoms with E-state index in [1.54, 1.807) is 6.20 Å². The molecule has 0 saturated carbocycles. The van der Waals surface area contributed by atoms with Crippen LogP contribution in [0.1, 0.15) is 34.1 Å². The number of H-pyrrole nitrogens is 1. The molecule has 3 aromatic rings. The molecule has 112 valence electrons. The number of carbonyl (C=O) groups is 1. The molecule has 1 unspecified atom stereocenters. The summed E-state index contributed by atoms with van der Waals surface area (Å²) in [4.78, 5) is 19.0. The number of aromatic amines is 1. The molecule has 1 fully saturated rings. The Morgan fingerprint density at radius 2 is 2.23 bits per heavy atom. The molecule has 3 aromatic heterocycles. The average Bonchev–Trinajstić information content (AvgIpc) is 3.24. The zero-order valence-corrected chi connectivity index (χ0v) is 12.4. The Morgan fingerprint density at radius 3 is 3.05 bits per heavy atom. The fourth-order valence-corrected chi connectivity index (χ4v) is 3.06. The van der Waals surface area contributed by atoms with Crippen molar-refractivity contribution in [2.75, 3.05) is 13.1 Å². The first-order valence-electron chi connectivity index (χ1n) is 7.44. The second-order valence-corrected chi connectivity index (χ2v) is 5.85. The monoisotopic (exact) mass is 295 g/mol. The van der Waals surface area contributed by atoms with Gasteiger partial charge in [-0.1, -0.05) is 6.07 Å². The third-order valence-corrected chi connectivity index (χ3v) is 4.26. The Hall–Kier alpha value is -2.63. The molecule has 0 bridgehead atoms. The van der Waals surface area contributed by atoms with Crippen molar-refractivity contribution < 1.29 is 4.79 Å². The molecule has 1 amide bonds. The molecule has 0 radical (unpaired) electrons. The lowest BCUT2D eigenvalue weighted by atomic mass is 10.1. The maximum Gasteiger partial charge on any atom is 0.274 e. The number of hydrogen-bond donors (Lipinski definition) is 1. The number of aromatic nitrogens is 4. The smallest absolute Gasteiger partial charge is 0.274 e. The Morgan fingerprint density at radius 1 is 1.32 bits per heavy atom. The van der Waals surface area contributed by atoms with Crippen LogP contribution in [0.5, 0.6) is 0 Å². The van der Waals surface area contributed by atoms with Gasteiger partial charge in [0.1, 0.15) is 11.3 Å². The third kappa shape index (κ3) is 2.16. The molecule has 1 aliphatic rings. The van der Waals surface area contributed by atoms with Gasteiger partial charge in [0, 0.05) is 43.3 Å². The summed E-state index contributed by atoms with van der Waals surface area (Å²) in [5, 5.41) is 6.99. The van der Waals surface area contributed by atoms with Gasteiger partial charge in [0.25, 0.3) is 5.91 Å². The second kappa shape index (κ2) is 4.98. The molecular weight excluding hydrogens is 278 g/mol. The number of pyridine rings is 1. The largest absolute Gasteiger partial charge is 0.337 e. The Kier molecular flexibility index (Phi) is 2.96. The van der Waals surface area contributed by atoms with Crippen LogP contribution in [0.4, 0.5) is 0 Å². The van der Waals surface area contributed by atoms with E-state index < -0.39 is 0 Å². The van der Waals surface area contributed by atoms with Crippen molar-refractivity contribution in [3.63, 3.8) is 0 Å². The molecule has 22 heavy (non-hydrogen) atoms. The average molecular weight is 295 g/mol. The van der Waals surface area contributed by atoms with Crippen LogP contribution in [-0.2, 0) is 0 Å². The van der Waals surface area contributed by atoms with E-state index in [4.69, 9.17) is 0 Å². The molecule has 1 N–H and O–H groups in total. The van der Waals surface area contributed by atoms with Crippen LogP contribution in [0.25, 0.3) is 5.65 Å². The number of nitrogens with one attached hydrogen (secondary N) is 1. The molecule has 0 aliphatic carbocycles. The number of rotatable bonds is 2. The molecule has 1 atom stereocenters. The number of likely N-dealkylation sites (tertiary alicyclic amines) is 1. The number of imidazole rings is 1. The number of hydrogen-bond acceptors (Lipinski definition) is 3. The van der Waals surface area contributed by atoms with Gasteiger partial charge in [-0.2, -0.15) is 5.10 Å². The van der Waals surface area contributed by atoms with Crippen molar-refractivity contribution in [1.29, 1.82) is 0 Å². The van der Waals surface area contributed by atoms with Gasteiger partial charge in [-0.25, -0.2) is 4.98 Å². The molecule has 0 spiro atoms. The van der Waals surface area contributed by atoms with Crippen LogP contribution in [0.2, 0.25) is 0 Å². The fourth-order valence-electron chi connectivity index (χ4n) is 3.06. The van der Waals surface area contributed by atoms with Gasteiger partial charge in [0.15, 0.2) is 0 Å². The van der Waals surface area contributed by atoms with Crippen molar-refractivity contribution in [3.8, 4) is 0 Å². The van der Waals surface area contributed by atoms with Gasteiger partial charge in [0.2, 0.25) is 0 Å². The Labute approximate surface area is 127 Å². The predicted octanol–water partition coefficient (Wildman–Crippen LogP) is 2.00. The van der Waals surface area contributed by atoms with E-state index in [9.17, 15) is 4.79 Å². The summed E-state index contributed by atoms with van der Waals surface area (Å²) in [6, 6.07) is 5.91. The zero-order chi connectivity index (χ0) is 15.1. The highest BCUT2D eigenvalue weighted by molar-refractivity contribution is 5.93. The summed E-state index contributed by atoms with van der Waals surface area (Å²) in [6.45, 7) is 3.50. The van der Waals surface area contributed by atoms with Gasteiger partial charge in [0.05, 0.1) is 0 Å². The minimum absolute atomic E-state index is 0.00312.